The van der Waals surface area contributed by atoms with E-state index in [1.54, 1.807) is 7.11 Å². The van der Waals surface area contributed by atoms with Gasteiger partial charge in [-0.1, -0.05) is 54.0 Å². The van der Waals surface area contributed by atoms with Crippen LogP contribution in [0.4, 0.5) is 4.79 Å². The number of nitrogens with one attached hydrogen (secondary N) is 1. The number of esters is 1. The van der Waals surface area contributed by atoms with E-state index in [2.05, 4.69) is 37.1 Å². The number of hydrogen-bond donors (Lipinski definition) is 2. The van der Waals surface area contributed by atoms with Crippen molar-refractivity contribution in [3.63, 3.8) is 0 Å². The molecule has 5 fully saturated rings. The average Bonchev–Trinajstić information content (AvgIpc) is 3.78. The van der Waals surface area contributed by atoms with Gasteiger partial charge in [0, 0.05) is 42.0 Å². The van der Waals surface area contributed by atoms with Crippen LogP contribution in [0.1, 0.15) is 111 Å². The third-order valence-electron chi connectivity index (χ3n) is 14.0. The molecular formula is C39H58N2O7. The minimum absolute atomic E-state index is 0.102. The largest absolute Gasteiger partial charge is 0.482 e. The second-order valence-corrected chi connectivity index (χ2v) is 17.6. The molecule has 9 nitrogen and oxygen atoms in total. The number of rotatable bonds is 11. The number of fused-ring (bicyclic) bond motifs is 2. The molecule has 48 heavy (non-hydrogen) atoms. The van der Waals surface area contributed by atoms with Crippen LogP contribution in [0.5, 0.6) is 11.5 Å². The first-order chi connectivity index (χ1) is 22.7. The van der Waals surface area contributed by atoms with Gasteiger partial charge in [0.25, 0.3) is 0 Å². The zero-order valence-electron chi connectivity index (χ0n) is 30.4. The number of benzene rings is 1. The molecule has 4 saturated carbocycles. The summed E-state index contributed by atoms with van der Waals surface area (Å²) in [4.78, 5) is 29.2. The molecule has 9 heteroatoms. The Bertz CT molecular complexity index is 1450. The Morgan fingerprint density at radius 3 is 2.54 bits per heavy atom. The maximum absolute atomic E-state index is 13.5. The molecule has 2 spiro atoms. The fraction of sp³-hybridized carbons (Fsp3) is 0.795. The summed E-state index contributed by atoms with van der Waals surface area (Å²) in [7, 11) is 1.80. The minimum Gasteiger partial charge on any atom is -0.482 e. The summed E-state index contributed by atoms with van der Waals surface area (Å²) in [5, 5.41) is 15.3. The summed E-state index contributed by atoms with van der Waals surface area (Å²) in [5.74, 6) is 1.03. The maximum atomic E-state index is 13.5. The Morgan fingerprint density at radius 2 is 1.90 bits per heavy atom. The van der Waals surface area contributed by atoms with Gasteiger partial charge in [0.15, 0.2) is 11.5 Å². The van der Waals surface area contributed by atoms with E-state index >= 15 is 0 Å². The van der Waals surface area contributed by atoms with Gasteiger partial charge >= 0.3 is 12.1 Å². The number of piperidine rings is 1. The molecule has 1 aromatic carbocycles. The standard InChI is InChI=1S/C39H58N2O7/c1-9-10-19-46-32(42)30(23(2)3)40-34(43)47-26-14-13-25-20-28-37-15-16-39(45-8,27(21-37)36(7,44)35(4,5)6)33-38(37,29(25)31(26)48-33)17-18-41(28)22-24-11-12-24/h13-14,23-24,27-28,30,33,44H,9-12,15-22H2,1-8H3,(H,40,43)/t27-,28-,30-,33-,36-,37-,38+,39+/m1/s1. The minimum atomic E-state index is -1.01. The van der Waals surface area contributed by atoms with Crippen molar-refractivity contribution in [3.8, 4) is 11.5 Å². The Morgan fingerprint density at radius 1 is 1.15 bits per heavy atom. The zero-order valence-corrected chi connectivity index (χ0v) is 30.4. The van der Waals surface area contributed by atoms with E-state index in [9.17, 15) is 14.7 Å². The number of aliphatic hydroxyl groups is 1. The lowest BCUT2D eigenvalue weighted by Gasteiger charge is -2.75. The number of carbonyl (C=O) groups is 2. The van der Waals surface area contributed by atoms with Crippen molar-refractivity contribution < 1.29 is 33.6 Å². The van der Waals surface area contributed by atoms with E-state index < -0.39 is 29.3 Å². The third kappa shape index (κ3) is 4.72. The highest BCUT2D eigenvalue weighted by atomic mass is 16.6. The number of amides is 1. The highest BCUT2D eigenvalue weighted by Gasteiger charge is 2.82. The number of ether oxygens (including phenoxy) is 4. The van der Waals surface area contributed by atoms with Crippen molar-refractivity contribution in [1.29, 1.82) is 0 Å². The summed E-state index contributed by atoms with van der Waals surface area (Å²) in [6.07, 6.45) is 7.88. The number of methoxy groups -OCH3 is 1. The number of unbranched alkanes of at least 4 members (excludes halogenated alkanes) is 1. The van der Waals surface area contributed by atoms with Gasteiger partial charge < -0.3 is 29.4 Å². The molecule has 5 aliphatic carbocycles. The van der Waals surface area contributed by atoms with Crippen molar-refractivity contribution in [2.45, 2.75) is 141 Å². The quantitative estimate of drug-likeness (QED) is 0.214. The average molecular weight is 667 g/mol. The fourth-order valence-corrected chi connectivity index (χ4v) is 10.8. The summed E-state index contributed by atoms with van der Waals surface area (Å²) < 4.78 is 25.4. The van der Waals surface area contributed by atoms with Crippen LogP contribution >= 0.6 is 0 Å². The van der Waals surface area contributed by atoms with Gasteiger partial charge in [0.1, 0.15) is 17.7 Å². The lowest BCUT2D eigenvalue weighted by molar-refractivity contribution is -0.312. The van der Waals surface area contributed by atoms with Crippen molar-refractivity contribution in [2.75, 3.05) is 26.8 Å². The van der Waals surface area contributed by atoms with E-state index in [1.807, 2.05) is 33.8 Å². The van der Waals surface area contributed by atoms with Gasteiger partial charge in [-0.2, -0.15) is 0 Å². The van der Waals surface area contributed by atoms with Gasteiger partial charge in [-0.15, -0.1) is 0 Å². The van der Waals surface area contributed by atoms with E-state index in [1.165, 1.54) is 24.0 Å². The molecule has 2 aliphatic heterocycles. The Labute approximate surface area is 286 Å². The van der Waals surface area contributed by atoms with Crippen molar-refractivity contribution in [3.05, 3.63) is 23.3 Å². The first kappa shape index (κ1) is 34.1. The van der Waals surface area contributed by atoms with E-state index in [4.69, 9.17) is 18.9 Å². The van der Waals surface area contributed by atoms with Gasteiger partial charge in [-0.3, -0.25) is 4.90 Å². The van der Waals surface area contributed by atoms with E-state index in [0.717, 1.165) is 64.0 Å². The topological polar surface area (TPSA) is 107 Å². The van der Waals surface area contributed by atoms with Gasteiger partial charge in [-0.05, 0) is 93.7 Å². The molecule has 0 aromatic heterocycles. The lowest BCUT2D eigenvalue weighted by atomic mass is 9.33. The van der Waals surface area contributed by atoms with Crippen molar-refractivity contribution in [1.82, 2.24) is 10.2 Å². The summed E-state index contributed by atoms with van der Waals surface area (Å²) in [5.41, 5.74) is -0.0463. The van der Waals surface area contributed by atoms with Gasteiger partial charge in [0.05, 0.1) is 12.2 Å². The predicted molar refractivity (Wildman–Crippen MR) is 182 cm³/mol. The SMILES string of the molecule is CCCCOC(=O)[C@H](NC(=O)Oc1ccc2c3c1O[C@H]1[C@]4(OC)CC[C@@]5(C[C@@H]4[C@@](C)(O)C(C)(C)C)[C@@H](C2)N(CC2CC2)CC[C@]315)C(C)C. The number of likely N-dealkylation sites (tertiary alicyclic amines) is 1. The van der Waals surface area contributed by atoms with Crippen molar-refractivity contribution >= 4 is 12.1 Å². The molecule has 1 saturated heterocycles. The van der Waals surface area contributed by atoms with Crippen LogP contribution in [-0.4, -0.2) is 78.3 Å². The van der Waals surface area contributed by atoms with E-state index in [0.29, 0.717) is 24.1 Å². The summed E-state index contributed by atoms with van der Waals surface area (Å²) >= 11 is 0. The molecular weight excluding hydrogens is 608 g/mol. The van der Waals surface area contributed by atoms with Crippen LogP contribution in [0.25, 0.3) is 0 Å². The third-order valence-corrected chi connectivity index (χ3v) is 14.0. The molecule has 7 aliphatic rings. The summed E-state index contributed by atoms with van der Waals surface area (Å²) in [6.45, 7) is 16.7. The molecule has 0 radical (unpaired) electrons. The van der Waals surface area contributed by atoms with Gasteiger partial charge in [-0.25, -0.2) is 9.59 Å². The highest BCUT2D eigenvalue weighted by molar-refractivity contribution is 5.83. The van der Waals surface area contributed by atoms with Crippen LogP contribution in [0.3, 0.4) is 0 Å². The van der Waals surface area contributed by atoms with Crippen LogP contribution in [0, 0.1) is 28.6 Å². The molecule has 1 amide bonds. The second-order valence-electron chi connectivity index (χ2n) is 17.6. The lowest BCUT2D eigenvalue weighted by Crippen LogP contribution is -2.83. The molecule has 8 atom stereocenters. The van der Waals surface area contributed by atoms with E-state index in [-0.39, 0.29) is 34.2 Å². The highest BCUT2D eigenvalue weighted by Crippen LogP contribution is 2.78. The van der Waals surface area contributed by atoms with Crippen LogP contribution in [0.15, 0.2) is 12.1 Å². The first-order valence-electron chi connectivity index (χ1n) is 18.7. The summed E-state index contributed by atoms with van der Waals surface area (Å²) in [6, 6.07) is 3.54. The molecule has 8 rings (SSSR count). The Balaban J connectivity index is 1.28. The van der Waals surface area contributed by atoms with Crippen LogP contribution in [-0.2, 0) is 26.1 Å². The predicted octanol–water partition coefficient (Wildman–Crippen LogP) is 6.16. The van der Waals surface area contributed by atoms with Crippen LogP contribution < -0.4 is 14.8 Å². The Kier molecular flexibility index (Phi) is 8.24. The maximum Gasteiger partial charge on any atom is 0.413 e. The molecule has 1 aromatic rings. The molecule has 0 unspecified atom stereocenters. The fourth-order valence-electron chi connectivity index (χ4n) is 10.8. The first-order valence-corrected chi connectivity index (χ1v) is 18.7. The monoisotopic (exact) mass is 666 g/mol. The molecule has 4 bridgehead atoms. The number of hydrogen-bond acceptors (Lipinski definition) is 8. The zero-order chi connectivity index (χ0) is 34.4. The number of nitrogens with zero attached hydrogens (tertiary/aromatic N) is 1. The number of carbonyl (C=O) groups excluding carboxylic acids is 2. The molecule has 2 N–H and O–H groups in total. The smallest absolute Gasteiger partial charge is 0.413 e. The molecule has 266 valence electrons. The normalized spacial score (nSPS) is 35.0. The Hall–Kier alpha value is -2.36. The van der Waals surface area contributed by atoms with Gasteiger partial charge in [0.2, 0.25) is 0 Å². The van der Waals surface area contributed by atoms with Crippen LogP contribution in [0.2, 0.25) is 0 Å². The van der Waals surface area contributed by atoms with Crippen molar-refractivity contribution in [2.24, 2.45) is 28.6 Å². The second kappa shape index (κ2) is 11.6. The molecule has 2 heterocycles.